The number of amides is 1. The molecular weight excluding hydrogens is 414 g/mol. The molecule has 0 aliphatic carbocycles. The molecule has 9 heteroatoms. The molecular formula is C21H18F2N2O4S. The number of benzene rings is 3. The molecule has 0 spiro atoms. The van der Waals surface area contributed by atoms with Gasteiger partial charge in [0.25, 0.3) is 0 Å². The number of ether oxygens (including phenoxy) is 1. The van der Waals surface area contributed by atoms with Gasteiger partial charge in [-0.3, -0.25) is 4.79 Å². The molecule has 0 saturated carbocycles. The maximum absolute atomic E-state index is 14.2. The Morgan fingerprint density at radius 1 is 0.900 bits per heavy atom. The zero-order chi connectivity index (χ0) is 21.6. The average molecular weight is 432 g/mol. The van der Waals surface area contributed by atoms with Gasteiger partial charge in [0, 0.05) is 13.0 Å². The fourth-order valence-electron chi connectivity index (χ4n) is 2.52. The van der Waals surface area contributed by atoms with Gasteiger partial charge in [-0.15, -0.1) is 0 Å². The third-order valence-corrected chi connectivity index (χ3v) is 5.46. The van der Waals surface area contributed by atoms with E-state index in [1.807, 2.05) is 0 Å². The molecule has 0 atom stereocenters. The zero-order valence-corrected chi connectivity index (χ0v) is 16.5. The van der Waals surface area contributed by atoms with Crippen molar-refractivity contribution in [1.82, 2.24) is 4.72 Å². The quantitative estimate of drug-likeness (QED) is 0.562. The van der Waals surface area contributed by atoms with Gasteiger partial charge in [0.1, 0.15) is 17.3 Å². The highest BCUT2D eigenvalue weighted by Gasteiger charge is 2.16. The Balaban J connectivity index is 1.62. The monoisotopic (exact) mass is 432 g/mol. The van der Waals surface area contributed by atoms with Crippen molar-refractivity contribution in [3.8, 4) is 11.5 Å². The van der Waals surface area contributed by atoms with E-state index in [0.717, 1.165) is 24.3 Å². The second-order valence-corrected chi connectivity index (χ2v) is 7.94. The molecule has 0 aromatic heterocycles. The van der Waals surface area contributed by atoms with Gasteiger partial charge in [0.2, 0.25) is 15.9 Å². The number of nitrogens with one attached hydrogen (secondary N) is 2. The third kappa shape index (κ3) is 5.62. The number of sulfonamides is 1. The Labute approximate surface area is 172 Å². The Hall–Kier alpha value is -3.30. The van der Waals surface area contributed by atoms with Crippen LogP contribution >= 0.6 is 0 Å². The lowest BCUT2D eigenvalue weighted by atomic mass is 10.2. The van der Waals surface area contributed by atoms with Crippen LogP contribution in [-0.4, -0.2) is 20.9 Å². The average Bonchev–Trinajstić information content (AvgIpc) is 2.71. The van der Waals surface area contributed by atoms with E-state index in [2.05, 4.69) is 10.0 Å². The first kappa shape index (κ1) is 21.4. The molecule has 30 heavy (non-hydrogen) atoms. The molecule has 0 radical (unpaired) electrons. The van der Waals surface area contributed by atoms with Crippen LogP contribution in [-0.2, 0) is 14.8 Å². The third-order valence-electron chi connectivity index (χ3n) is 3.98. The van der Waals surface area contributed by atoms with Crippen LogP contribution in [0.2, 0.25) is 0 Å². The molecule has 2 N–H and O–H groups in total. The maximum Gasteiger partial charge on any atom is 0.240 e. The molecule has 6 nitrogen and oxygen atoms in total. The fourth-order valence-corrected chi connectivity index (χ4v) is 3.56. The number of anilines is 1. The van der Waals surface area contributed by atoms with Crippen LogP contribution in [0, 0.1) is 11.6 Å². The minimum absolute atomic E-state index is 0.112. The van der Waals surface area contributed by atoms with Crippen molar-refractivity contribution in [2.75, 3.05) is 11.9 Å². The number of halogens is 2. The van der Waals surface area contributed by atoms with Gasteiger partial charge in [-0.1, -0.05) is 24.3 Å². The summed E-state index contributed by atoms with van der Waals surface area (Å²) in [6.07, 6.45) is -0.250. The van der Waals surface area contributed by atoms with Crippen molar-refractivity contribution in [1.29, 1.82) is 0 Å². The first-order valence-corrected chi connectivity index (χ1v) is 10.4. The Kier molecular flexibility index (Phi) is 6.76. The summed E-state index contributed by atoms with van der Waals surface area (Å²) in [6, 6.07) is 17.1. The van der Waals surface area contributed by atoms with Gasteiger partial charge in [-0.25, -0.2) is 21.9 Å². The molecule has 0 unspecified atom stereocenters. The molecule has 0 aliphatic heterocycles. The smallest absolute Gasteiger partial charge is 0.240 e. The summed E-state index contributed by atoms with van der Waals surface area (Å²) in [5, 5.41) is 2.41. The number of rotatable bonds is 8. The topological polar surface area (TPSA) is 84.5 Å². The van der Waals surface area contributed by atoms with Gasteiger partial charge >= 0.3 is 0 Å². The highest BCUT2D eigenvalue weighted by Crippen LogP contribution is 2.31. The van der Waals surface area contributed by atoms with E-state index in [4.69, 9.17) is 4.74 Å². The molecule has 3 rings (SSSR count). The van der Waals surface area contributed by atoms with Crippen LogP contribution in [0.1, 0.15) is 6.42 Å². The predicted molar refractivity (Wildman–Crippen MR) is 108 cm³/mol. The fraction of sp³-hybridized carbons (Fsp3) is 0.0952. The number of hydrogen-bond donors (Lipinski definition) is 2. The van der Waals surface area contributed by atoms with Crippen molar-refractivity contribution in [2.24, 2.45) is 0 Å². The molecule has 0 aliphatic rings. The van der Waals surface area contributed by atoms with E-state index >= 15 is 0 Å². The van der Waals surface area contributed by atoms with E-state index in [0.29, 0.717) is 5.75 Å². The lowest BCUT2D eigenvalue weighted by molar-refractivity contribution is -0.116. The van der Waals surface area contributed by atoms with Gasteiger partial charge in [0.15, 0.2) is 11.6 Å². The molecule has 0 saturated heterocycles. The van der Waals surface area contributed by atoms with Gasteiger partial charge < -0.3 is 10.1 Å². The second kappa shape index (κ2) is 9.47. The minimum atomic E-state index is -3.90. The highest BCUT2D eigenvalue weighted by molar-refractivity contribution is 7.89. The van der Waals surface area contributed by atoms with Crippen LogP contribution in [0.25, 0.3) is 0 Å². The summed E-state index contributed by atoms with van der Waals surface area (Å²) in [4.78, 5) is 12.1. The van der Waals surface area contributed by atoms with Crippen molar-refractivity contribution >= 4 is 21.6 Å². The summed E-state index contributed by atoms with van der Waals surface area (Å²) < 4.78 is 59.3. The summed E-state index contributed by atoms with van der Waals surface area (Å²) >= 11 is 0. The van der Waals surface area contributed by atoms with Crippen LogP contribution in [0.3, 0.4) is 0 Å². The highest BCUT2D eigenvalue weighted by atomic mass is 32.2. The van der Waals surface area contributed by atoms with Gasteiger partial charge in [0.05, 0.1) is 4.90 Å². The zero-order valence-electron chi connectivity index (χ0n) is 15.6. The second-order valence-electron chi connectivity index (χ2n) is 6.18. The van der Waals surface area contributed by atoms with Crippen molar-refractivity contribution in [3.05, 3.63) is 84.4 Å². The molecule has 156 valence electrons. The summed E-state index contributed by atoms with van der Waals surface area (Å²) in [7, 11) is -3.90. The summed E-state index contributed by atoms with van der Waals surface area (Å²) in [5.41, 5.74) is -0.146. The van der Waals surface area contributed by atoms with E-state index in [-0.39, 0.29) is 29.3 Å². The molecule has 3 aromatic carbocycles. The normalized spacial score (nSPS) is 11.1. The van der Waals surface area contributed by atoms with Crippen LogP contribution in [0.4, 0.5) is 14.5 Å². The van der Waals surface area contributed by atoms with E-state index in [1.165, 1.54) is 18.2 Å². The first-order chi connectivity index (χ1) is 14.3. The van der Waals surface area contributed by atoms with Crippen molar-refractivity contribution in [2.45, 2.75) is 11.3 Å². The van der Waals surface area contributed by atoms with Gasteiger partial charge in [-0.2, -0.15) is 0 Å². The lowest BCUT2D eigenvalue weighted by Gasteiger charge is -2.13. The van der Waals surface area contributed by atoms with Gasteiger partial charge in [-0.05, 0) is 48.5 Å². The van der Waals surface area contributed by atoms with E-state index in [9.17, 15) is 22.0 Å². The number of para-hydroxylation sites is 2. The van der Waals surface area contributed by atoms with E-state index in [1.54, 1.807) is 30.3 Å². The SMILES string of the molecule is O=C(CCNS(=O)(=O)c1ccc(F)cc1)Nc1c(F)cccc1Oc1ccccc1. The first-order valence-electron chi connectivity index (χ1n) is 8.92. The Morgan fingerprint density at radius 3 is 2.30 bits per heavy atom. The largest absolute Gasteiger partial charge is 0.455 e. The van der Waals surface area contributed by atoms with Crippen LogP contribution in [0.15, 0.2) is 77.7 Å². The van der Waals surface area contributed by atoms with Crippen molar-refractivity contribution in [3.63, 3.8) is 0 Å². The van der Waals surface area contributed by atoms with E-state index < -0.39 is 27.6 Å². The van der Waals surface area contributed by atoms with Crippen LogP contribution in [0.5, 0.6) is 11.5 Å². The standard InChI is InChI=1S/C21H18F2N2O4S/c22-15-9-11-17(12-10-15)30(27,28)24-14-13-20(26)25-21-18(23)7-4-8-19(21)29-16-5-2-1-3-6-16/h1-12,24H,13-14H2,(H,25,26). The summed E-state index contributed by atoms with van der Waals surface area (Å²) in [5.74, 6) is -1.29. The summed E-state index contributed by atoms with van der Waals surface area (Å²) in [6.45, 7) is -0.227. The molecule has 0 fully saturated rings. The molecule has 3 aromatic rings. The Morgan fingerprint density at radius 2 is 1.60 bits per heavy atom. The van der Waals surface area contributed by atoms with Crippen molar-refractivity contribution < 1.29 is 26.7 Å². The number of carbonyl (C=O) groups is 1. The molecule has 0 heterocycles. The minimum Gasteiger partial charge on any atom is -0.455 e. The number of hydrogen-bond acceptors (Lipinski definition) is 4. The maximum atomic E-state index is 14.2. The lowest BCUT2D eigenvalue weighted by Crippen LogP contribution is -2.28. The molecule has 0 bridgehead atoms. The van der Waals surface area contributed by atoms with Crippen LogP contribution < -0.4 is 14.8 Å². The Bertz CT molecular complexity index is 1120. The number of carbonyl (C=O) groups excluding carboxylic acids is 1. The molecule has 1 amide bonds. The predicted octanol–water partition coefficient (Wildman–Crippen LogP) is 4.06.